The van der Waals surface area contributed by atoms with Gasteiger partial charge in [-0.05, 0) is 56.4 Å². The minimum Gasteiger partial charge on any atom is -0.324 e. The van der Waals surface area contributed by atoms with E-state index in [1.807, 2.05) is 79.9 Å². The number of hydrogen-bond donors (Lipinski definition) is 1. The van der Waals surface area contributed by atoms with E-state index in [1.54, 1.807) is 0 Å². The molecular weight excluding hydrogens is 394 g/mol. The third-order valence-corrected chi connectivity index (χ3v) is 7.90. The van der Waals surface area contributed by atoms with Crippen molar-refractivity contribution in [2.45, 2.75) is 38.5 Å². The Balaban J connectivity index is 1.44. The number of benzene rings is 2. The van der Waals surface area contributed by atoms with E-state index in [-0.39, 0.29) is 16.8 Å². The summed E-state index contributed by atoms with van der Waals surface area (Å²) >= 11 is 1.87. The first-order valence-corrected chi connectivity index (χ1v) is 11.5. The van der Waals surface area contributed by atoms with Gasteiger partial charge in [0.15, 0.2) is 0 Å². The highest BCUT2D eigenvalue weighted by Crippen LogP contribution is 2.44. The molecule has 2 fully saturated rings. The lowest BCUT2D eigenvalue weighted by atomic mass is 10.00. The van der Waals surface area contributed by atoms with E-state index in [0.29, 0.717) is 13.1 Å². The smallest absolute Gasteiger partial charge is 0.321 e. The number of aryl methyl sites for hydroxylation is 3. The molecule has 0 unspecified atom stereocenters. The second-order valence-corrected chi connectivity index (χ2v) is 9.71. The van der Waals surface area contributed by atoms with Gasteiger partial charge in [0, 0.05) is 36.6 Å². The fourth-order valence-electron chi connectivity index (χ4n) is 4.52. The Kier molecular flexibility index (Phi) is 5.78. The lowest BCUT2D eigenvalue weighted by molar-refractivity contribution is 0.0585. The first-order chi connectivity index (χ1) is 14.4. The molecule has 0 saturated carbocycles. The number of nitrogens with zero attached hydrogens (tertiary/aromatic N) is 2. The number of urea groups is 1. The molecule has 5 nitrogen and oxygen atoms in total. The predicted octanol–water partition coefficient (Wildman–Crippen LogP) is 4.83. The summed E-state index contributed by atoms with van der Waals surface area (Å²) in [5.41, 5.74) is 4.83. The third-order valence-electron chi connectivity index (χ3n) is 6.34. The summed E-state index contributed by atoms with van der Waals surface area (Å²) in [6, 6.07) is 13.8. The van der Waals surface area contributed by atoms with Crippen molar-refractivity contribution in [3.63, 3.8) is 0 Å². The zero-order valence-corrected chi connectivity index (χ0v) is 18.7. The topological polar surface area (TPSA) is 52.7 Å². The van der Waals surface area contributed by atoms with E-state index < -0.39 is 0 Å². The molecule has 2 aliphatic rings. The summed E-state index contributed by atoms with van der Waals surface area (Å²) in [5, 5.41) is 3.09. The summed E-state index contributed by atoms with van der Waals surface area (Å²) in [4.78, 5) is 29.9. The van der Waals surface area contributed by atoms with Gasteiger partial charge in [-0.15, -0.1) is 11.8 Å². The van der Waals surface area contributed by atoms with Gasteiger partial charge in [0.2, 0.25) is 0 Å². The normalized spacial score (nSPS) is 18.0. The number of nitrogens with one attached hydrogen (secondary N) is 1. The van der Waals surface area contributed by atoms with Crippen LogP contribution >= 0.6 is 11.8 Å². The Morgan fingerprint density at radius 2 is 1.53 bits per heavy atom. The van der Waals surface area contributed by atoms with Crippen molar-refractivity contribution >= 4 is 29.4 Å². The van der Waals surface area contributed by atoms with Gasteiger partial charge in [-0.3, -0.25) is 4.79 Å². The predicted molar refractivity (Wildman–Crippen MR) is 123 cm³/mol. The van der Waals surface area contributed by atoms with Gasteiger partial charge in [0.1, 0.15) is 0 Å². The van der Waals surface area contributed by atoms with Gasteiger partial charge < -0.3 is 15.1 Å². The Morgan fingerprint density at radius 1 is 0.900 bits per heavy atom. The molecule has 1 N–H and O–H groups in total. The van der Waals surface area contributed by atoms with Crippen LogP contribution in [-0.2, 0) is 0 Å². The minimum absolute atomic E-state index is 0.0537. The first-order valence-electron chi connectivity index (χ1n) is 10.5. The first kappa shape index (κ1) is 20.8. The Bertz CT molecular complexity index is 946. The summed E-state index contributed by atoms with van der Waals surface area (Å²) in [7, 11) is 0. The molecule has 0 radical (unpaired) electrons. The highest BCUT2D eigenvalue weighted by molar-refractivity contribution is 8.00. The Morgan fingerprint density at radius 3 is 2.20 bits per heavy atom. The number of hydrogen-bond acceptors (Lipinski definition) is 3. The fraction of sp³-hybridized carbons (Fsp3) is 0.417. The van der Waals surface area contributed by atoms with Crippen LogP contribution in [0.25, 0.3) is 0 Å². The maximum atomic E-state index is 13.3. The Labute approximate surface area is 182 Å². The average molecular weight is 424 g/mol. The van der Waals surface area contributed by atoms with E-state index >= 15 is 0 Å². The molecule has 158 valence electrons. The lowest BCUT2D eigenvalue weighted by Crippen LogP contribution is -2.54. The van der Waals surface area contributed by atoms with E-state index in [4.69, 9.17) is 0 Å². The molecule has 2 aromatic rings. The molecule has 0 bridgehead atoms. The van der Waals surface area contributed by atoms with E-state index in [0.717, 1.165) is 53.1 Å². The van der Waals surface area contributed by atoms with E-state index in [9.17, 15) is 9.59 Å². The molecular formula is C24H29N3O2S. The van der Waals surface area contributed by atoms with Crippen molar-refractivity contribution in [2.24, 2.45) is 0 Å². The van der Waals surface area contributed by atoms with Crippen LogP contribution in [0.15, 0.2) is 42.5 Å². The van der Waals surface area contributed by atoms with Crippen LogP contribution in [0.3, 0.4) is 0 Å². The number of piperidine rings is 1. The lowest BCUT2D eigenvalue weighted by Gasteiger charge is -2.44. The SMILES string of the molecule is Cc1ccccc1C(=O)N1CCSC12CCN(C(=O)Nc1c(C)cccc1C)CC2. The molecule has 0 aromatic heterocycles. The van der Waals surface area contributed by atoms with Crippen LogP contribution in [-0.4, -0.2) is 52.0 Å². The zero-order valence-electron chi connectivity index (χ0n) is 17.9. The van der Waals surface area contributed by atoms with Gasteiger partial charge in [0.05, 0.1) is 4.87 Å². The highest BCUT2D eigenvalue weighted by Gasteiger charge is 2.47. The molecule has 2 aliphatic heterocycles. The number of thioether (sulfide) groups is 1. The van der Waals surface area contributed by atoms with Crippen LogP contribution in [0, 0.1) is 20.8 Å². The van der Waals surface area contributed by atoms with Crippen LogP contribution in [0.5, 0.6) is 0 Å². The number of anilines is 1. The van der Waals surface area contributed by atoms with Crippen molar-refractivity contribution in [1.29, 1.82) is 0 Å². The number of likely N-dealkylation sites (tertiary alicyclic amines) is 1. The number of rotatable bonds is 2. The van der Waals surface area contributed by atoms with Crippen molar-refractivity contribution in [3.05, 3.63) is 64.7 Å². The van der Waals surface area contributed by atoms with Gasteiger partial charge in [0.25, 0.3) is 5.91 Å². The summed E-state index contributed by atoms with van der Waals surface area (Å²) < 4.78 is 0. The van der Waals surface area contributed by atoms with Gasteiger partial charge >= 0.3 is 6.03 Å². The van der Waals surface area contributed by atoms with Crippen molar-refractivity contribution in [3.8, 4) is 0 Å². The second-order valence-electron chi connectivity index (χ2n) is 8.25. The molecule has 4 rings (SSSR count). The van der Waals surface area contributed by atoms with Crippen molar-refractivity contribution in [1.82, 2.24) is 9.80 Å². The molecule has 0 aliphatic carbocycles. The molecule has 0 atom stereocenters. The molecule has 6 heteroatoms. The molecule has 30 heavy (non-hydrogen) atoms. The number of carbonyl (C=O) groups excluding carboxylic acids is 2. The minimum atomic E-state index is -0.200. The van der Waals surface area contributed by atoms with Crippen LogP contribution < -0.4 is 5.32 Å². The van der Waals surface area contributed by atoms with E-state index in [1.165, 1.54) is 0 Å². The van der Waals surface area contributed by atoms with Crippen molar-refractivity contribution in [2.75, 3.05) is 30.7 Å². The number of para-hydroxylation sites is 1. The van der Waals surface area contributed by atoms with Crippen molar-refractivity contribution < 1.29 is 9.59 Å². The average Bonchev–Trinajstić information content (AvgIpc) is 3.14. The Hall–Kier alpha value is -2.47. The summed E-state index contributed by atoms with van der Waals surface area (Å²) in [5.74, 6) is 1.07. The molecule has 3 amide bonds. The fourth-order valence-corrected chi connectivity index (χ4v) is 5.98. The van der Waals surface area contributed by atoms with Gasteiger partial charge in [-0.1, -0.05) is 36.4 Å². The summed E-state index contributed by atoms with van der Waals surface area (Å²) in [6.07, 6.45) is 1.60. The van der Waals surface area contributed by atoms with Gasteiger partial charge in [-0.2, -0.15) is 0 Å². The maximum Gasteiger partial charge on any atom is 0.321 e. The maximum absolute atomic E-state index is 13.3. The van der Waals surface area contributed by atoms with Gasteiger partial charge in [-0.25, -0.2) is 4.79 Å². The second kappa shape index (κ2) is 8.34. The van der Waals surface area contributed by atoms with E-state index in [2.05, 4.69) is 10.2 Å². The van der Waals surface area contributed by atoms with Crippen LogP contribution in [0.2, 0.25) is 0 Å². The van der Waals surface area contributed by atoms with Crippen LogP contribution in [0.1, 0.15) is 39.9 Å². The standard InChI is InChI=1S/C24H29N3O2S/c1-17-7-4-5-10-20(17)22(28)27-15-16-30-24(27)11-13-26(14-12-24)23(29)25-21-18(2)8-6-9-19(21)3/h4-10H,11-16H2,1-3H3,(H,25,29). The number of carbonyl (C=O) groups is 2. The largest absolute Gasteiger partial charge is 0.324 e. The highest BCUT2D eigenvalue weighted by atomic mass is 32.2. The molecule has 2 aromatic carbocycles. The van der Waals surface area contributed by atoms with Crippen LogP contribution in [0.4, 0.5) is 10.5 Å². The molecule has 2 saturated heterocycles. The quantitative estimate of drug-likeness (QED) is 0.753. The molecule has 1 spiro atoms. The monoisotopic (exact) mass is 423 g/mol. The zero-order chi connectivity index (χ0) is 21.3. The number of amides is 3. The summed E-state index contributed by atoms with van der Waals surface area (Å²) in [6.45, 7) is 8.09. The molecule has 2 heterocycles. The third kappa shape index (κ3) is 3.81.